The Labute approximate surface area is 153 Å². The molecule has 0 N–H and O–H groups in total. The first-order chi connectivity index (χ1) is 13.1. The van der Waals surface area contributed by atoms with Crippen LogP contribution in [0, 0.1) is 0 Å². The van der Waals surface area contributed by atoms with Crippen molar-refractivity contribution in [3.8, 4) is 22.8 Å². The van der Waals surface area contributed by atoms with Crippen molar-refractivity contribution in [1.82, 2.24) is 0 Å². The fourth-order valence-corrected chi connectivity index (χ4v) is 2.65. The van der Waals surface area contributed by atoms with E-state index in [1.165, 1.54) is 24.5 Å². The lowest BCUT2D eigenvalue weighted by molar-refractivity contribution is 0.0701. The van der Waals surface area contributed by atoms with Crippen molar-refractivity contribution >= 4 is 16.9 Å². The van der Waals surface area contributed by atoms with Gasteiger partial charge < -0.3 is 18.3 Å². The Kier molecular flexibility index (Phi) is 4.22. The Morgan fingerprint density at radius 1 is 0.963 bits per heavy atom. The predicted molar refractivity (Wildman–Crippen MR) is 98.1 cm³/mol. The van der Waals surface area contributed by atoms with Gasteiger partial charge in [0.05, 0.1) is 18.8 Å². The first-order valence-electron chi connectivity index (χ1n) is 8.12. The largest absolute Gasteiger partial charge is 0.497 e. The van der Waals surface area contributed by atoms with Crippen LogP contribution in [0.1, 0.15) is 10.6 Å². The molecule has 4 aromatic rings. The number of fused-ring (bicyclic) bond motifs is 1. The van der Waals surface area contributed by atoms with E-state index in [0.717, 1.165) is 5.56 Å². The molecule has 4 rings (SSSR count). The molecule has 0 spiro atoms. The lowest BCUT2D eigenvalue weighted by atomic mass is 10.1. The van der Waals surface area contributed by atoms with E-state index in [-0.39, 0.29) is 16.9 Å². The van der Waals surface area contributed by atoms with Crippen molar-refractivity contribution in [3.63, 3.8) is 0 Å². The summed E-state index contributed by atoms with van der Waals surface area (Å²) in [6.45, 7) is 0. The molecule has 0 fully saturated rings. The van der Waals surface area contributed by atoms with Gasteiger partial charge in [-0.1, -0.05) is 0 Å². The molecule has 134 valence electrons. The third-order valence-electron chi connectivity index (χ3n) is 4.01. The second-order valence-electron chi connectivity index (χ2n) is 5.73. The maximum absolute atomic E-state index is 12.5. The van der Waals surface area contributed by atoms with Crippen molar-refractivity contribution < 1.29 is 23.1 Å². The number of carbonyl (C=O) groups is 1. The summed E-state index contributed by atoms with van der Waals surface area (Å²) in [7, 11) is 1.58. The van der Waals surface area contributed by atoms with Crippen LogP contribution in [0.25, 0.3) is 22.3 Å². The highest BCUT2D eigenvalue weighted by Gasteiger charge is 2.13. The van der Waals surface area contributed by atoms with Crippen molar-refractivity contribution in [2.24, 2.45) is 0 Å². The highest BCUT2D eigenvalue weighted by molar-refractivity contribution is 5.89. The Morgan fingerprint density at radius 3 is 2.44 bits per heavy atom. The Hall–Kier alpha value is -3.80. The van der Waals surface area contributed by atoms with Crippen molar-refractivity contribution in [2.75, 3.05) is 7.11 Å². The number of hydrogen-bond donors (Lipinski definition) is 0. The second kappa shape index (κ2) is 6.84. The Bertz CT molecular complexity index is 1150. The molecule has 2 heterocycles. The SMILES string of the molecule is COc1ccc(-c2cc(=O)c3cc(OC(=O)c4ccco4)ccc3o2)cc1. The minimum atomic E-state index is -0.640. The van der Waals surface area contributed by atoms with Crippen LogP contribution in [0.4, 0.5) is 0 Å². The van der Waals surface area contributed by atoms with Gasteiger partial charge in [0.15, 0.2) is 5.43 Å². The second-order valence-corrected chi connectivity index (χ2v) is 5.73. The van der Waals surface area contributed by atoms with E-state index < -0.39 is 5.97 Å². The number of methoxy groups -OCH3 is 1. The first-order valence-corrected chi connectivity index (χ1v) is 8.12. The van der Waals surface area contributed by atoms with Gasteiger partial charge in [-0.25, -0.2) is 4.79 Å². The molecule has 0 atom stereocenters. The zero-order valence-electron chi connectivity index (χ0n) is 14.3. The van der Waals surface area contributed by atoms with Gasteiger partial charge in [0.1, 0.15) is 22.8 Å². The van der Waals surface area contributed by atoms with E-state index >= 15 is 0 Å². The van der Waals surface area contributed by atoms with Gasteiger partial charge in [-0.3, -0.25) is 4.79 Å². The summed E-state index contributed by atoms with van der Waals surface area (Å²) in [5.41, 5.74) is 0.909. The number of carbonyl (C=O) groups excluding carboxylic acids is 1. The van der Waals surface area contributed by atoms with Crippen LogP contribution in [0.3, 0.4) is 0 Å². The van der Waals surface area contributed by atoms with E-state index in [4.69, 9.17) is 18.3 Å². The number of ether oxygens (including phenoxy) is 2. The van der Waals surface area contributed by atoms with E-state index in [0.29, 0.717) is 22.5 Å². The van der Waals surface area contributed by atoms with Crippen LogP contribution in [0.15, 0.2) is 80.6 Å². The van der Waals surface area contributed by atoms with E-state index in [2.05, 4.69) is 0 Å². The van der Waals surface area contributed by atoms with Gasteiger partial charge in [0.2, 0.25) is 5.76 Å². The van der Waals surface area contributed by atoms with Crippen molar-refractivity contribution in [3.05, 3.63) is 82.9 Å². The molecule has 0 saturated carbocycles. The summed E-state index contributed by atoms with van der Waals surface area (Å²) in [4.78, 5) is 24.5. The molecule has 6 heteroatoms. The third-order valence-corrected chi connectivity index (χ3v) is 4.01. The summed E-state index contributed by atoms with van der Waals surface area (Å²) >= 11 is 0. The van der Waals surface area contributed by atoms with Gasteiger partial charge in [0, 0.05) is 11.6 Å². The van der Waals surface area contributed by atoms with Crippen LogP contribution in [-0.2, 0) is 0 Å². The molecule has 0 bridgehead atoms. The molecule has 0 aliphatic carbocycles. The van der Waals surface area contributed by atoms with Gasteiger partial charge in [0.25, 0.3) is 0 Å². The smallest absolute Gasteiger partial charge is 0.379 e. The maximum Gasteiger partial charge on any atom is 0.379 e. The first kappa shape index (κ1) is 16.7. The van der Waals surface area contributed by atoms with Gasteiger partial charge in [-0.05, 0) is 54.6 Å². The van der Waals surface area contributed by atoms with Crippen molar-refractivity contribution in [2.45, 2.75) is 0 Å². The Balaban J connectivity index is 1.67. The van der Waals surface area contributed by atoms with Crippen molar-refractivity contribution in [1.29, 1.82) is 0 Å². The standard InChI is InChI=1S/C21H14O6/c1-24-14-6-4-13(5-7-14)20-12-17(22)16-11-15(8-9-18(16)27-20)26-21(23)19-3-2-10-25-19/h2-12H,1H3. The molecule has 0 aliphatic rings. The number of hydrogen-bond acceptors (Lipinski definition) is 6. The number of rotatable bonds is 4. The number of benzene rings is 2. The third kappa shape index (κ3) is 3.32. The lowest BCUT2D eigenvalue weighted by Crippen LogP contribution is -2.08. The van der Waals surface area contributed by atoms with Crippen LogP contribution in [0.5, 0.6) is 11.5 Å². The van der Waals surface area contributed by atoms with E-state index in [1.807, 2.05) is 12.1 Å². The minimum Gasteiger partial charge on any atom is -0.497 e. The van der Waals surface area contributed by atoms with E-state index in [9.17, 15) is 9.59 Å². The molecule has 27 heavy (non-hydrogen) atoms. The van der Waals surface area contributed by atoms with Crippen LogP contribution < -0.4 is 14.9 Å². The fourth-order valence-electron chi connectivity index (χ4n) is 2.65. The van der Waals surface area contributed by atoms with Gasteiger partial charge in [-0.2, -0.15) is 0 Å². The summed E-state index contributed by atoms with van der Waals surface area (Å²) in [5.74, 6) is 0.823. The average Bonchev–Trinajstić information content (AvgIpc) is 3.23. The molecule has 2 aromatic heterocycles. The highest BCUT2D eigenvalue weighted by Crippen LogP contribution is 2.26. The summed E-state index contributed by atoms with van der Waals surface area (Å²) in [5, 5.41) is 0.317. The van der Waals surface area contributed by atoms with Crippen LogP contribution >= 0.6 is 0 Å². The fraction of sp³-hybridized carbons (Fsp3) is 0.0476. The summed E-state index contributed by atoms with van der Waals surface area (Å²) in [6.07, 6.45) is 1.38. The predicted octanol–water partition coefficient (Wildman–Crippen LogP) is 4.28. The summed E-state index contributed by atoms with van der Waals surface area (Å²) in [6, 6.07) is 16.3. The molecule has 6 nitrogen and oxygen atoms in total. The maximum atomic E-state index is 12.5. The zero-order valence-corrected chi connectivity index (χ0v) is 14.3. The molecule has 0 amide bonds. The zero-order chi connectivity index (χ0) is 18.8. The monoisotopic (exact) mass is 362 g/mol. The van der Waals surface area contributed by atoms with Crippen LogP contribution in [0.2, 0.25) is 0 Å². The Morgan fingerprint density at radius 2 is 1.74 bits per heavy atom. The topological polar surface area (TPSA) is 78.9 Å². The molecular formula is C21H14O6. The molecule has 0 radical (unpaired) electrons. The molecule has 2 aromatic carbocycles. The van der Waals surface area contributed by atoms with E-state index in [1.54, 1.807) is 37.4 Å². The normalized spacial score (nSPS) is 10.7. The van der Waals surface area contributed by atoms with Gasteiger partial charge >= 0.3 is 5.97 Å². The molecule has 0 unspecified atom stereocenters. The highest BCUT2D eigenvalue weighted by atomic mass is 16.5. The number of furan rings is 1. The average molecular weight is 362 g/mol. The lowest BCUT2D eigenvalue weighted by Gasteiger charge is -2.06. The molecule has 0 saturated heterocycles. The summed E-state index contributed by atoms with van der Waals surface area (Å²) < 4.78 is 21.2. The quantitative estimate of drug-likeness (QED) is 0.398. The number of esters is 1. The van der Waals surface area contributed by atoms with Gasteiger partial charge in [-0.15, -0.1) is 0 Å². The van der Waals surface area contributed by atoms with Crippen LogP contribution in [-0.4, -0.2) is 13.1 Å². The minimum absolute atomic E-state index is 0.0805. The molecule has 0 aliphatic heterocycles. The molecular weight excluding hydrogens is 348 g/mol.